The topological polar surface area (TPSA) is 82.6 Å². The highest BCUT2D eigenvalue weighted by Crippen LogP contribution is 2.31. The number of carbonyl (C=O) groups is 2. The number of rotatable bonds is 2. The molecule has 0 radical (unpaired) electrons. The van der Waals surface area contributed by atoms with Crippen molar-refractivity contribution in [3.8, 4) is 0 Å². The molecular weight excluding hydrogens is 432 g/mol. The number of fused-ring (bicyclic) bond motifs is 1. The Labute approximate surface area is 180 Å². The number of hydrogen-bond donors (Lipinski definition) is 1. The summed E-state index contributed by atoms with van der Waals surface area (Å²) in [6, 6.07) is 3.12. The van der Waals surface area contributed by atoms with Gasteiger partial charge in [0.25, 0.3) is 0 Å². The van der Waals surface area contributed by atoms with Crippen LogP contribution in [-0.2, 0) is 15.6 Å². The number of carbonyl (C=O) groups excluding carboxylic acids is 2. The monoisotopic (exact) mass is 454 g/mol. The van der Waals surface area contributed by atoms with Crippen molar-refractivity contribution in [2.24, 2.45) is 0 Å². The lowest BCUT2D eigenvalue weighted by Crippen LogP contribution is -2.56. The average molecular weight is 455 g/mol. The second-order valence-corrected chi connectivity index (χ2v) is 10.5. The normalized spacial score (nSPS) is 20.8. The molecule has 1 unspecified atom stereocenters. The van der Waals surface area contributed by atoms with Crippen molar-refractivity contribution in [3.63, 3.8) is 0 Å². The first kappa shape index (κ1) is 20.6. The van der Waals surface area contributed by atoms with Crippen LogP contribution in [0.1, 0.15) is 24.8 Å². The Morgan fingerprint density at radius 3 is 2.76 bits per heavy atom. The largest absolute Gasteiger partial charge is 0.323 e. The minimum Gasteiger partial charge on any atom is -0.323 e. The van der Waals surface area contributed by atoms with E-state index in [0.29, 0.717) is 47.7 Å². The molecule has 1 atom stereocenters. The van der Waals surface area contributed by atoms with Crippen LogP contribution < -0.4 is 5.32 Å². The molecule has 10 heteroatoms. The number of halogens is 1. The van der Waals surface area contributed by atoms with Gasteiger partial charge in [0.05, 0.1) is 10.2 Å². The molecule has 7 nitrogen and oxygen atoms in total. The summed E-state index contributed by atoms with van der Waals surface area (Å²) in [7, 11) is -0.846. The van der Waals surface area contributed by atoms with Gasteiger partial charge in [-0.15, -0.1) is 0 Å². The molecule has 2 aliphatic rings. The number of urea groups is 1. The minimum atomic E-state index is -0.846. The van der Waals surface area contributed by atoms with Gasteiger partial charge < -0.3 is 15.1 Å². The van der Waals surface area contributed by atoms with E-state index in [4.69, 9.17) is 11.6 Å². The van der Waals surface area contributed by atoms with Crippen LogP contribution in [0.25, 0.3) is 10.2 Å². The van der Waals surface area contributed by atoms with Gasteiger partial charge in [-0.05, 0) is 43.9 Å². The standard InChI is InChI=1S/C19H23ClN4O3S2/c1-12-10-16-14(11-13(12)20)21-18(28-16)22-17(25)15-4-2-3-5-24(15)19(26)23-6-8-29(27)9-7-23/h10-11,15H,2-9H2,1H3,(H,21,22,25). The number of anilines is 1. The Morgan fingerprint density at radius 1 is 1.24 bits per heavy atom. The van der Waals surface area contributed by atoms with Crippen LogP contribution in [0.15, 0.2) is 12.1 Å². The van der Waals surface area contributed by atoms with Gasteiger partial charge in [-0.2, -0.15) is 0 Å². The van der Waals surface area contributed by atoms with Crippen LogP contribution in [0.4, 0.5) is 9.93 Å². The number of nitrogens with zero attached hydrogens (tertiary/aromatic N) is 3. The van der Waals surface area contributed by atoms with Gasteiger partial charge in [-0.1, -0.05) is 22.9 Å². The fourth-order valence-electron chi connectivity index (χ4n) is 3.74. The minimum absolute atomic E-state index is 0.131. The Balaban J connectivity index is 1.48. The Morgan fingerprint density at radius 2 is 2.00 bits per heavy atom. The molecule has 1 N–H and O–H groups in total. The smallest absolute Gasteiger partial charge is 0.320 e. The van der Waals surface area contributed by atoms with E-state index < -0.39 is 16.8 Å². The summed E-state index contributed by atoms with van der Waals surface area (Å²) in [6.07, 6.45) is 2.42. The molecule has 2 aliphatic heterocycles. The highest BCUT2D eigenvalue weighted by Gasteiger charge is 2.35. The SMILES string of the molecule is Cc1cc2sc(NC(=O)C3CCCCN3C(=O)N3CCS(=O)CC3)nc2cc1Cl. The zero-order valence-electron chi connectivity index (χ0n) is 16.1. The van der Waals surface area contributed by atoms with Gasteiger partial charge in [0.1, 0.15) is 6.04 Å². The summed E-state index contributed by atoms with van der Waals surface area (Å²) in [5.74, 6) is 0.800. The number of amides is 3. The Kier molecular flexibility index (Phi) is 6.08. The van der Waals surface area contributed by atoms with Gasteiger partial charge in [0.15, 0.2) is 5.13 Å². The van der Waals surface area contributed by atoms with Crippen molar-refractivity contribution in [3.05, 3.63) is 22.7 Å². The third-order valence-electron chi connectivity index (χ3n) is 5.40. The summed E-state index contributed by atoms with van der Waals surface area (Å²) in [5.41, 5.74) is 1.71. The second-order valence-electron chi connectivity index (χ2n) is 7.40. The molecule has 2 fully saturated rings. The maximum absolute atomic E-state index is 13.0. The quantitative estimate of drug-likeness (QED) is 0.755. The van der Waals surface area contributed by atoms with E-state index in [1.807, 2.05) is 13.0 Å². The molecule has 4 rings (SSSR count). The van der Waals surface area contributed by atoms with Crippen molar-refractivity contribution >= 4 is 61.0 Å². The first-order chi connectivity index (χ1) is 13.9. The molecule has 0 spiro atoms. The maximum atomic E-state index is 13.0. The molecule has 2 aromatic rings. The molecule has 156 valence electrons. The average Bonchev–Trinajstić information content (AvgIpc) is 3.09. The molecule has 0 bridgehead atoms. The summed E-state index contributed by atoms with van der Waals surface area (Å²) in [4.78, 5) is 33.8. The van der Waals surface area contributed by atoms with Crippen LogP contribution in [0, 0.1) is 6.92 Å². The van der Waals surface area contributed by atoms with Gasteiger partial charge in [-0.25, -0.2) is 9.78 Å². The van der Waals surface area contributed by atoms with Crippen molar-refractivity contribution in [1.29, 1.82) is 0 Å². The lowest BCUT2D eigenvalue weighted by atomic mass is 10.0. The van der Waals surface area contributed by atoms with E-state index in [1.54, 1.807) is 15.9 Å². The Bertz CT molecular complexity index is 931. The van der Waals surface area contributed by atoms with E-state index in [9.17, 15) is 13.8 Å². The zero-order chi connectivity index (χ0) is 20.5. The van der Waals surface area contributed by atoms with Crippen LogP contribution >= 0.6 is 22.9 Å². The first-order valence-corrected chi connectivity index (χ1v) is 12.4. The van der Waals surface area contributed by atoms with E-state index >= 15 is 0 Å². The summed E-state index contributed by atoms with van der Waals surface area (Å²) >= 11 is 7.57. The van der Waals surface area contributed by atoms with Crippen LogP contribution in [-0.4, -0.2) is 68.1 Å². The van der Waals surface area contributed by atoms with E-state index in [1.165, 1.54) is 11.3 Å². The lowest BCUT2D eigenvalue weighted by Gasteiger charge is -2.39. The van der Waals surface area contributed by atoms with Crippen molar-refractivity contribution in [1.82, 2.24) is 14.8 Å². The summed E-state index contributed by atoms with van der Waals surface area (Å²) < 4.78 is 12.5. The third kappa shape index (κ3) is 4.41. The number of benzene rings is 1. The molecule has 2 saturated heterocycles. The third-order valence-corrected chi connectivity index (χ3v) is 8.02. The van der Waals surface area contributed by atoms with Gasteiger partial charge in [0, 0.05) is 47.0 Å². The molecule has 0 saturated carbocycles. The first-order valence-electron chi connectivity index (χ1n) is 9.70. The number of nitrogens with one attached hydrogen (secondary N) is 1. The number of piperidine rings is 1. The van der Waals surface area contributed by atoms with E-state index in [0.717, 1.165) is 28.6 Å². The predicted octanol–water partition coefficient (Wildman–Crippen LogP) is 3.24. The highest BCUT2D eigenvalue weighted by molar-refractivity contribution is 7.85. The highest BCUT2D eigenvalue weighted by atomic mass is 35.5. The van der Waals surface area contributed by atoms with Gasteiger partial charge >= 0.3 is 6.03 Å². The maximum Gasteiger partial charge on any atom is 0.320 e. The predicted molar refractivity (Wildman–Crippen MR) is 117 cm³/mol. The lowest BCUT2D eigenvalue weighted by molar-refractivity contribution is -0.121. The summed E-state index contributed by atoms with van der Waals surface area (Å²) in [6.45, 7) is 3.45. The second kappa shape index (κ2) is 8.57. The van der Waals surface area contributed by atoms with Crippen molar-refractivity contribution in [2.45, 2.75) is 32.2 Å². The molecule has 3 amide bonds. The van der Waals surface area contributed by atoms with Crippen LogP contribution in [0.2, 0.25) is 5.02 Å². The molecule has 0 aliphatic carbocycles. The van der Waals surface area contributed by atoms with E-state index in [2.05, 4.69) is 10.3 Å². The fourth-order valence-corrected chi connectivity index (χ4v) is 5.89. The number of hydrogen-bond acceptors (Lipinski definition) is 5. The number of aryl methyl sites for hydroxylation is 1. The molecule has 29 heavy (non-hydrogen) atoms. The van der Waals surface area contributed by atoms with Crippen molar-refractivity contribution < 1.29 is 13.8 Å². The molecule has 1 aromatic heterocycles. The molecule has 3 heterocycles. The van der Waals surface area contributed by atoms with Crippen LogP contribution in [0.3, 0.4) is 0 Å². The molecular formula is C19H23ClN4O3S2. The Hall–Kier alpha value is -1.71. The zero-order valence-corrected chi connectivity index (χ0v) is 18.5. The summed E-state index contributed by atoms with van der Waals surface area (Å²) in [5, 5.41) is 4.06. The number of likely N-dealkylation sites (tertiary alicyclic amines) is 1. The van der Waals surface area contributed by atoms with Gasteiger partial charge in [-0.3, -0.25) is 9.00 Å². The van der Waals surface area contributed by atoms with E-state index in [-0.39, 0.29) is 11.9 Å². The number of thiazole rings is 1. The number of aromatic nitrogens is 1. The van der Waals surface area contributed by atoms with Crippen LogP contribution in [0.5, 0.6) is 0 Å². The van der Waals surface area contributed by atoms with Gasteiger partial charge in [0.2, 0.25) is 5.91 Å². The fraction of sp³-hybridized carbons (Fsp3) is 0.526. The molecule has 1 aromatic carbocycles. The van der Waals surface area contributed by atoms with Crippen molar-refractivity contribution in [2.75, 3.05) is 36.5 Å².